The Hall–Kier alpha value is -2.09. The standard InChI is InChI=1S/C16H23F2N3O3/c1-24-14-5-3-2-4-13(14)21-8-6-12(7-9-21)20-15(23)19-10-16(17,18)11-22/h2-5,12,22H,6-11H2,1H3,(H2,19,20,23). The summed E-state index contributed by atoms with van der Waals surface area (Å²) in [5, 5.41) is 13.3. The van der Waals surface area contributed by atoms with Crippen LogP contribution < -0.4 is 20.3 Å². The van der Waals surface area contributed by atoms with Gasteiger partial charge >= 0.3 is 6.03 Å². The van der Waals surface area contributed by atoms with Crippen LogP contribution in [-0.2, 0) is 0 Å². The molecule has 0 spiro atoms. The molecule has 1 aliphatic rings. The molecule has 2 amide bonds. The van der Waals surface area contributed by atoms with Crippen LogP contribution in [0, 0.1) is 0 Å². The maximum absolute atomic E-state index is 12.9. The van der Waals surface area contributed by atoms with E-state index in [1.54, 1.807) is 7.11 Å². The van der Waals surface area contributed by atoms with E-state index < -0.39 is 25.1 Å². The van der Waals surface area contributed by atoms with E-state index >= 15 is 0 Å². The summed E-state index contributed by atoms with van der Waals surface area (Å²) in [6, 6.07) is 7.02. The number of rotatable bonds is 6. The van der Waals surface area contributed by atoms with Crippen molar-refractivity contribution in [3.8, 4) is 5.75 Å². The highest BCUT2D eigenvalue weighted by Gasteiger charge is 2.29. The maximum atomic E-state index is 12.9. The van der Waals surface area contributed by atoms with Crippen molar-refractivity contribution in [3.63, 3.8) is 0 Å². The van der Waals surface area contributed by atoms with Gasteiger partial charge in [0.2, 0.25) is 0 Å². The Labute approximate surface area is 139 Å². The Morgan fingerprint density at radius 1 is 1.38 bits per heavy atom. The zero-order valence-corrected chi connectivity index (χ0v) is 13.6. The third-order valence-electron chi connectivity index (χ3n) is 3.99. The number of aliphatic hydroxyl groups is 1. The molecule has 0 aliphatic carbocycles. The number of benzene rings is 1. The number of carbonyl (C=O) groups is 1. The highest BCUT2D eigenvalue weighted by atomic mass is 19.3. The molecule has 0 unspecified atom stereocenters. The first kappa shape index (κ1) is 18.3. The molecular weight excluding hydrogens is 320 g/mol. The second-order valence-electron chi connectivity index (χ2n) is 5.77. The number of methoxy groups -OCH3 is 1. The van der Waals surface area contributed by atoms with E-state index in [0.717, 1.165) is 24.5 Å². The lowest BCUT2D eigenvalue weighted by Gasteiger charge is -2.34. The molecule has 1 fully saturated rings. The van der Waals surface area contributed by atoms with E-state index in [4.69, 9.17) is 9.84 Å². The molecule has 0 radical (unpaired) electrons. The molecule has 134 valence electrons. The van der Waals surface area contributed by atoms with Gasteiger partial charge in [0, 0.05) is 19.1 Å². The lowest BCUT2D eigenvalue weighted by molar-refractivity contribution is -0.0454. The van der Waals surface area contributed by atoms with Crippen LogP contribution in [0.5, 0.6) is 5.75 Å². The number of nitrogens with one attached hydrogen (secondary N) is 2. The normalized spacial score (nSPS) is 15.9. The topological polar surface area (TPSA) is 73.8 Å². The van der Waals surface area contributed by atoms with Gasteiger partial charge in [0.05, 0.1) is 19.3 Å². The van der Waals surface area contributed by atoms with Gasteiger partial charge in [-0.15, -0.1) is 0 Å². The smallest absolute Gasteiger partial charge is 0.315 e. The number of para-hydroxylation sites is 2. The third kappa shape index (κ3) is 4.95. The molecule has 1 aromatic rings. The van der Waals surface area contributed by atoms with Crippen LogP contribution in [0.25, 0.3) is 0 Å². The van der Waals surface area contributed by atoms with Crippen molar-refractivity contribution in [1.29, 1.82) is 0 Å². The molecule has 0 saturated carbocycles. The summed E-state index contributed by atoms with van der Waals surface area (Å²) in [6.07, 6.45) is 1.42. The molecule has 8 heteroatoms. The highest BCUT2D eigenvalue weighted by molar-refractivity contribution is 5.74. The fraction of sp³-hybridized carbons (Fsp3) is 0.562. The van der Waals surface area contributed by atoms with E-state index in [0.29, 0.717) is 12.8 Å². The van der Waals surface area contributed by atoms with Crippen LogP contribution in [0.2, 0.25) is 0 Å². The monoisotopic (exact) mass is 343 g/mol. The largest absolute Gasteiger partial charge is 0.495 e. The Bertz CT molecular complexity index is 549. The quantitative estimate of drug-likeness (QED) is 0.733. The molecule has 2 rings (SSSR count). The van der Waals surface area contributed by atoms with Gasteiger partial charge in [0.25, 0.3) is 5.92 Å². The van der Waals surface area contributed by atoms with Gasteiger partial charge < -0.3 is 25.4 Å². The summed E-state index contributed by atoms with van der Waals surface area (Å²) in [4.78, 5) is 13.8. The number of piperidine rings is 1. The van der Waals surface area contributed by atoms with Crippen LogP contribution in [0.1, 0.15) is 12.8 Å². The molecule has 1 saturated heterocycles. The molecule has 3 N–H and O–H groups in total. The maximum Gasteiger partial charge on any atom is 0.315 e. The van der Waals surface area contributed by atoms with Crippen LogP contribution in [0.4, 0.5) is 19.3 Å². The molecule has 0 bridgehead atoms. The van der Waals surface area contributed by atoms with Crippen molar-refractivity contribution in [2.75, 3.05) is 38.3 Å². The van der Waals surface area contributed by atoms with Crippen LogP contribution >= 0.6 is 0 Å². The number of hydrogen-bond acceptors (Lipinski definition) is 4. The number of amides is 2. The molecular formula is C16H23F2N3O3. The predicted molar refractivity (Wildman–Crippen MR) is 86.8 cm³/mol. The number of hydrogen-bond donors (Lipinski definition) is 3. The Morgan fingerprint density at radius 3 is 2.67 bits per heavy atom. The van der Waals surface area contributed by atoms with E-state index in [1.165, 1.54) is 0 Å². The number of anilines is 1. The molecule has 6 nitrogen and oxygen atoms in total. The predicted octanol–water partition coefficient (Wildman–Crippen LogP) is 1.59. The van der Waals surface area contributed by atoms with E-state index in [9.17, 15) is 13.6 Å². The zero-order valence-electron chi connectivity index (χ0n) is 13.6. The summed E-state index contributed by atoms with van der Waals surface area (Å²) < 4.78 is 31.1. The Kier molecular flexibility index (Phi) is 6.19. The lowest BCUT2D eigenvalue weighted by Crippen LogP contribution is -2.50. The number of aliphatic hydroxyl groups excluding tert-OH is 1. The van der Waals surface area contributed by atoms with Crippen LogP contribution in [-0.4, -0.2) is 56.5 Å². The van der Waals surface area contributed by atoms with Crippen LogP contribution in [0.3, 0.4) is 0 Å². The molecule has 1 aliphatic heterocycles. The average molecular weight is 343 g/mol. The number of nitrogens with zero attached hydrogens (tertiary/aromatic N) is 1. The van der Waals surface area contributed by atoms with Gasteiger partial charge in [0.15, 0.2) is 0 Å². The summed E-state index contributed by atoms with van der Waals surface area (Å²) >= 11 is 0. The minimum atomic E-state index is -3.30. The third-order valence-corrected chi connectivity index (χ3v) is 3.99. The summed E-state index contributed by atoms with van der Waals surface area (Å²) in [7, 11) is 1.62. The first-order valence-electron chi connectivity index (χ1n) is 7.86. The number of ether oxygens (including phenoxy) is 1. The summed E-state index contributed by atoms with van der Waals surface area (Å²) in [6.45, 7) is -0.698. The number of halogens is 2. The van der Waals surface area contributed by atoms with Gasteiger partial charge in [-0.1, -0.05) is 12.1 Å². The minimum Gasteiger partial charge on any atom is -0.495 e. The number of alkyl halides is 2. The van der Waals surface area contributed by atoms with Crippen molar-refractivity contribution in [1.82, 2.24) is 10.6 Å². The van der Waals surface area contributed by atoms with Crippen molar-refractivity contribution in [2.45, 2.75) is 24.8 Å². The van der Waals surface area contributed by atoms with Gasteiger partial charge in [-0.05, 0) is 25.0 Å². The number of urea groups is 1. The van der Waals surface area contributed by atoms with Crippen LogP contribution in [0.15, 0.2) is 24.3 Å². The molecule has 24 heavy (non-hydrogen) atoms. The van der Waals surface area contributed by atoms with Crippen molar-refractivity contribution in [3.05, 3.63) is 24.3 Å². The molecule has 1 aromatic carbocycles. The van der Waals surface area contributed by atoms with Crippen molar-refractivity contribution < 1.29 is 23.4 Å². The molecule has 0 atom stereocenters. The molecule has 0 aromatic heterocycles. The van der Waals surface area contributed by atoms with Gasteiger partial charge in [0.1, 0.15) is 12.4 Å². The fourth-order valence-corrected chi connectivity index (χ4v) is 2.66. The summed E-state index contributed by atoms with van der Waals surface area (Å²) in [5.41, 5.74) is 1.01. The van der Waals surface area contributed by atoms with Gasteiger partial charge in [-0.25, -0.2) is 13.6 Å². The zero-order chi connectivity index (χ0) is 17.6. The second-order valence-corrected chi connectivity index (χ2v) is 5.77. The highest BCUT2D eigenvalue weighted by Crippen LogP contribution is 2.29. The Morgan fingerprint density at radius 2 is 2.04 bits per heavy atom. The van der Waals surface area contributed by atoms with Crippen molar-refractivity contribution in [2.24, 2.45) is 0 Å². The Balaban J connectivity index is 1.79. The SMILES string of the molecule is COc1ccccc1N1CCC(NC(=O)NCC(F)(F)CO)CC1. The van der Waals surface area contributed by atoms with Gasteiger partial charge in [-0.2, -0.15) is 0 Å². The average Bonchev–Trinajstić information content (AvgIpc) is 2.61. The van der Waals surface area contributed by atoms with Gasteiger partial charge in [-0.3, -0.25) is 0 Å². The fourth-order valence-electron chi connectivity index (χ4n) is 2.66. The second kappa shape index (κ2) is 8.14. The minimum absolute atomic E-state index is 0.0706. The first-order valence-corrected chi connectivity index (χ1v) is 7.86. The first-order chi connectivity index (χ1) is 11.4. The molecule has 1 heterocycles. The van der Waals surface area contributed by atoms with Crippen molar-refractivity contribution >= 4 is 11.7 Å². The van der Waals surface area contributed by atoms with E-state index in [-0.39, 0.29) is 6.04 Å². The lowest BCUT2D eigenvalue weighted by atomic mass is 10.0. The number of carbonyl (C=O) groups excluding carboxylic acids is 1. The van der Waals surface area contributed by atoms with E-state index in [1.807, 2.05) is 24.3 Å². The van der Waals surface area contributed by atoms with E-state index in [2.05, 4.69) is 15.5 Å². The summed E-state index contributed by atoms with van der Waals surface area (Å²) in [5.74, 6) is -2.50.